The van der Waals surface area contributed by atoms with E-state index in [1.807, 2.05) is 12.1 Å². The number of aliphatic hydroxyl groups excluding tert-OH is 1. The maximum Gasteiger partial charge on any atom is 0.303 e. The van der Waals surface area contributed by atoms with Gasteiger partial charge in [0.1, 0.15) is 12.2 Å². The lowest BCUT2D eigenvalue weighted by molar-refractivity contribution is -0.151. The van der Waals surface area contributed by atoms with Crippen LogP contribution >= 0.6 is 0 Å². The Bertz CT molecular complexity index is 492. The molecule has 0 saturated carbocycles. The number of nitrogens with one attached hydrogen (secondary N) is 1. The monoisotopic (exact) mass is 260 g/mol. The third-order valence-electron chi connectivity index (χ3n) is 3.19. The van der Waals surface area contributed by atoms with Gasteiger partial charge >= 0.3 is 5.97 Å². The van der Waals surface area contributed by atoms with Gasteiger partial charge in [0.2, 0.25) is 0 Å². The van der Waals surface area contributed by atoms with Crippen molar-refractivity contribution in [1.29, 1.82) is 0 Å². The van der Waals surface area contributed by atoms with E-state index in [1.54, 1.807) is 12.1 Å². The highest BCUT2D eigenvalue weighted by molar-refractivity contribution is 5.66. The van der Waals surface area contributed by atoms with Gasteiger partial charge < -0.3 is 15.2 Å². The van der Waals surface area contributed by atoms with Crippen LogP contribution in [0.15, 0.2) is 24.3 Å². The predicted molar refractivity (Wildman–Crippen MR) is 69.8 cm³/mol. The third kappa shape index (κ3) is 3.31. The normalized spacial score (nSPS) is 25.8. The van der Waals surface area contributed by atoms with Crippen molar-refractivity contribution in [1.82, 2.24) is 5.32 Å². The maximum atomic E-state index is 11.0. The van der Waals surface area contributed by atoms with Crippen LogP contribution in [0, 0.1) is 6.57 Å². The van der Waals surface area contributed by atoms with Crippen molar-refractivity contribution in [3.63, 3.8) is 0 Å². The minimum absolute atomic E-state index is 0.0994. The van der Waals surface area contributed by atoms with Crippen molar-refractivity contribution in [2.75, 3.05) is 6.54 Å². The Morgan fingerprint density at radius 1 is 1.53 bits per heavy atom. The fourth-order valence-corrected chi connectivity index (χ4v) is 2.27. The molecule has 0 bridgehead atoms. The first kappa shape index (κ1) is 13.5. The molecule has 0 radical (unpaired) electrons. The number of β-amino-alcohol motifs (C(OH)–C–C–N with tert-alkyl or cyclic N) is 1. The summed E-state index contributed by atoms with van der Waals surface area (Å²) in [5, 5.41) is 12.9. The molecule has 2 N–H and O–H groups in total. The molecule has 100 valence electrons. The van der Waals surface area contributed by atoms with E-state index < -0.39 is 12.2 Å². The second kappa shape index (κ2) is 5.83. The molecule has 5 heteroatoms. The molecule has 1 aliphatic heterocycles. The van der Waals surface area contributed by atoms with Crippen LogP contribution in [-0.4, -0.2) is 35.9 Å². The van der Waals surface area contributed by atoms with Crippen LogP contribution in [0.3, 0.4) is 0 Å². The minimum atomic E-state index is -0.670. The average molecular weight is 260 g/mol. The van der Waals surface area contributed by atoms with Gasteiger partial charge in [-0.15, -0.1) is 0 Å². The molecule has 3 atom stereocenters. The van der Waals surface area contributed by atoms with Gasteiger partial charge in [0.15, 0.2) is 5.69 Å². The molecule has 1 aromatic rings. The minimum Gasteiger partial charge on any atom is -0.458 e. The van der Waals surface area contributed by atoms with Crippen LogP contribution in [0.1, 0.15) is 12.5 Å². The zero-order valence-corrected chi connectivity index (χ0v) is 10.7. The Hall–Kier alpha value is -1.90. The van der Waals surface area contributed by atoms with E-state index in [0.29, 0.717) is 18.7 Å². The lowest BCUT2D eigenvalue weighted by Crippen LogP contribution is -2.38. The van der Waals surface area contributed by atoms with Crippen molar-refractivity contribution in [2.45, 2.75) is 31.6 Å². The SMILES string of the molecule is [C-]#[N+]c1ccc(C[C@H]2NC[C@H](O)[C@H]2OC(C)=O)cc1. The lowest BCUT2D eigenvalue weighted by Gasteiger charge is -2.21. The van der Waals surface area contributed by atoms with Crippen LogP contribution in [0.2, 0.25) is 0 Å². The Morgan fingerprint density at radius 3 is 2.79 bits per heavy atom. The number of hydrogen-bond donors (Lipinski definition) is 2. The summed E-state index contributed by atoms with van der Waals surface area (Å²) in [5.74, 6) is -0.388. The molecular formula is C14H16N2O3. The van der Waals surface area contributed by atoms with Gasteiger partial charge in [-0.3, -0.25) is 4.79 Å². The predicted octanol–water partition coefficient (Wildman–Crippen LogP) is 1.04. The topological polar surface area (TPSA) is 62.9 Å². The van der Waals surface area contributed by atoms with Crippen molar-refractivity contribution in [2.24, 2.45) is 0 Å². The highest BCUT2D eigenvalue weighted by Gasteiger charge is 2.37. The third-order valence-corrected chi connectivity index (χ3v) is 3.19. The molecule has 0 unspecified atom stereocenters. The van der Waals surface area contributed by atoms with Crippen LogP contribution in [0.25, 0.3) is 4.85 Å². The fourth-order valence-electron chi connectivity index (χ4n) is 2.27. The summed E-state index contributed by atoms with van der Waals surface area (Å²) in [5.41, 5.74) is 1.64. The van der Waals surface area contributed by atoms with E-state index in [-0.39, 0.29) is 12.0 Å². The second-order valence-electron chi connectivity index (χ2n) is 4.64. The van der Waals surface area contributed by atoms with Crippen molar-refractivity contribution in [3.05, 3.63) is 41.2 Å². The quantitative estimate of drug-likeness (QED) is 0.630. The van der Waals surface area contributed by atoms with Crippen molar-refractivity contribution >= 4 is 11.7 Å². The number of benzene rings is 1. The van der Waals surface area contributed by atoms with Gasteiger partial charge in [-0.1, -0.05) is 24.3 Å². The largest absolute Gasteiger partial charge is 0.458 e. The molecule has 0 aromatic heterocycles. The van der Waals surface area contributed by atoms with Gasteiger partial charge in [-0.05, 0) is 12.0 Å². The smallest absolute Gasteiger partial charge is 0.303 e. The average Bonchev–Trinajstić information content (AvgIpc) is 2.72. The Kier molecular flexibility index (Phi) is 4.15. The second-order valence-corrected chi connectivity index (χ2v) is 4.64. The highest BCUT2D eigenvalue weighted by Crippen LogP contribution is 2.19. The summed E-state index contributed by atoms with van der Waals surface area (Å²) in [6, 6.07) is 7.18. The van der Waals surface area contributed by atoms with Crippen LogP contribution < -0.4 is 5.32 Å². The fraction of sp³-hybridized carbons (Fsp3) is 0.429. The van der Waals surface area contributed by atoms with Crippen LogP contribution in [-0.2, 0) is 16.0 Å². The molecule has 1 fully saturated rings. The van der Waals surface area contributed by atoms with Gasteiger partial charge in [0.25, 0.3) is 0 Å². The summed E-state index contributed by atoms with van der Waals surface area (Å²) in [4.78, 5) is 14.4. The van der Waals surface area contributed by atoms with Gasteiger partial charge in [-0.25, -0.2) is 4.85 Å². The molecule has 19 heavy (non-hydrogen) atoms. The molecule has 0 amide bonds. The molecule has 1 heterocycles. The first-order valence-corrected chi connectivity index (χ1v) is 6.15. The number of esters is 1. The van der Waals surface area contributed by atoms with E-state index in [1.165, 1.54) is 6.92 Å². The number of carbonyl (C=O) groups is 1. The summed E-state index contributed by atoms with van der Waals surface area (Å²) in [7, 11) is 0. The van der Waals surface area contributed by atoms with Gasteiger partial charge in [0, 0.05) is 13.5 Å². The summed E-state index contributed by atoms with van der Waals surface area (Å²) < 4.78 is 5.15. The first-order valence-electron chi connectivity index (χ1n) is 6.15. The van der Waals surface area contributed by atoms with E-state index in [0.717, 1.165) is 5.56 Å². The number of hydrogen-bond acceptors (Lipinski definition) is 4. The number of aliphatic hydroxyl groups is 1. The Balaban J connectivity index is 2.04. The first-order chi connectivity index (χ1) is 9.10. The summed E-state index contributed by atoms with van der Waals surface area (Å²) in [6.07, 6.45) is -0.540. The van der Waals surface area contributed by atoms with E-state index in [2.05, 4.69) is 10.2 Å². The highest BCUT2D eigenvalue weighted by atomic mass is 16.6. The number of ether oxygens (including phenoxy) is 1. The Labute approximate surface area is 112 Å². The molecule has 0 spiro atoms. The van der Waals surface area contributed by atoms with Crippen LogP contribution in [0.5, 0.6) is 0 Å². The van der Waals surface area contributed by atoms with Crippen molar-refractivity contribution in [3.8, 4) is 0 Å². The van der Waals surface area contributed by atoms with Crippen molar-refractivity contribution < 1.29 is 14.6 Å². The zero-order valence-electron chi connectivity index (χ0n) is 10.7. The zero-order chi connectivity index (χ0) is 13.8. The molecule has 2 rings (SSSR count). The Morgan fingerprint density at radius 2 is 2.21 bits per heavy atom. The molecule has 1 aromatic carbocycles. The van der Waals surface area contributed by atoms with E-state index >= 15 is 0 Å². The molecular weight excluding hydrogens is 244 g/mol. The lowest BCUT2D eigenvalue weighted by atomic mass is 10.0. The molecule has 5 nitrogen and oxygen atoms in total. The van der Waals surface area contributed by atoms with Crippen LogP contribution in [0.4, 0.5) is 5.69 Å². The van der Waals surface area contributed by atoms with Gasteiger partial charge in [-0.2, -0.15) is 0 Å². The van der Waals surface area contributed by atoms with Gasteiger partial charge in [0.05, 0.1) is 12.6 Å². The number of rotatable bonds is 3. The summed E-state index contributed by atoms with van der Waals surface area (Å²) in [6.45, 7) is 8.66. The summed E-state index contributed by atoms with van der Waals surface area (Å²) >= 11 is 0. The number of carbonyl (C=O) groups excluding carboxylic acids is 1. The number of nitrogens with zero attached hydrogens (tertiary/aromatic N) is 1. The van der Waals surface area contributed by atoms with E-state index in [9.17, 15) is 9.90 Å². The maximum absolute atomic E-state index is 11.0. The molecule has 0 aliphatic carbocycles. The molecule has 1 aliphatic rings. The molecule has 1 saturated heterocycles. The standard InChI is InChI=1S/C14H16N2O3/c1-9(17)19-14-12(16-8-13(14)18)7-10-3-5-11(15-2)6-4-10/h3-6,12-14,16,18H,7-8H2,1H3/t12-,13+,14+/m1/s1. The van der Waals surface area contributed by atoms with E-state index in [4.69, 9.17) is 11.3 Å².